The molecule has 1 fully saturated rings. The van der Waals surface area contributed by atoms with Crippen molar-refractivity contribution in [1.29, 1.82) is 0 Å². The van der Waals surface area contributed by atoms with Crippen LogP contribution in [0.1, 0.15) is 18.7 Å². The number of hydrogen-bond acceptors (Lipinski definition) is 5. The maximum atomic E-state index is 12.5. The number of anilines is 1. The molecule has 2 atom stereocenters. The van der Waals surface area contributed by atoms with Crippen molar-refractivity contribution in [1.82, 2.24) is 0 Å². The van der Waals surface area contributed by atoms with Gasteiger partial charge in [-0.15, -0.1) is 0 Å². The minimum Gasteiger partial charge on any atom is -0.497 e. The fourth-order valence-electron chi connectivity index (χ4n) is 2.73. The van der Waals surface area contributed by atoms with Crippen LogP contribution in [0.3, 0.4) is 0 Å². The highest BCUT2D eigenvalue weighted by molar-refractivity contribution is 6.13. The molecule has 0 aliphatic carbocycles. The van der Waals surface area contributed by atoms with Gasteiger partial charge in [0.2, 0.25) is 5.91 Å². The van der Waals surface area contributed by atoms with Crippen molar-refractivity contribution in [3.05, 3.63) is 48.4 Å². The Morgan fingerprint density at radius 3 is 2.57 bits per heavy atom. The van der Waals surface area contributed by atoms with Crippen molar-refractivity contribution >= 4 is 17.6 Å². The van der Waals surface area contributed by atoms with E-state index in [1.807, 2.05) is 0 Å². The molecule has 2 heterocycles. The third-order valence-electron chi connectivity index (χ3n) is 3.82. The Hall–Kier alpha value is -2.76. The maximum absolute atomic E-state index is 12.5. The van der Waals surface area contributed by atoms with Gasteiger partial charge in [-0.25, -0.2) is 0 Å². The van der Waals surface area contributed by atoms with Gasteiger partial charge in [-0.2, -0.15) is 0 Å². The third-order valence-corrected chi connectivity index (χ3v) is 3.82. The van der Waals surface area contributed by atoms with Crippen molar-refractivity contribution in [2.24, 2.45) is 5.92 Å². The molecule has 1 amide bonds. The van der Waals surface area contributed by atoms with Gasteiger partial charge in [-0.3, -0.25) is 14.5 Å². The monoisotopic (exact) mass is 315 g/mol. The molecule has 3 rings (SSSR count). The fourth-order valence-corrected chi connectivity index (χ4v) is 2.73. The highest BCUT2D eigenvalue weighted by Gasteiger charge is 2.55. The van der Waals surface area contributed by atoms with Gasteiger partial charge in [-0.05, 0) is 43.3 Å². The van der Waals surface area contributed by atoms with Gasteiger partial charge in [0.1, 0.15) is 17.6 Å². The van der Waals surface area contributed by atoms with Crippen LogP contribution >= 0.6 is 0 Å². The minimum atomic E-state index is -0.872. The lowest BCUT2D eigenvalue weighted by atomic mass is 9.84. The Bertz CT molecular complexity index is 692. The number of methoxy groups -OCH3 is 1. The summed E-state index contributed by atoms with van der Waals surface area (Å²) in [6.07, 6.45) is 1.52. The van der Waals surface area contributed by atoms with Gasteiger partial charge < -0.3 is 13.9 Å². The number of carbonyl (C=O) groups excluding carboxylic acids is 2. The average molecular weight is 315 g/mol. The number of hydrogen-bond donors (Lipinski definition) is 0. The molecule has 0 bridgehead atoms. The molecular weight excluding hydrogens is 298 g/mol. The Morgan fingerprint density at radius 1 is 1.26 bits per heavy atom. The highest BCUT2D eigenvalue weighted by atomic mass is 16.5. The first kappa shape index (κ1) is 15.1. The molecule has 1 aliphatic heterocycles. The molecule has 0 spiro atoms. The van der Waals surface area contributed by atoms with Crippen molar-refractivity contribution in [2.45, 2.75) is 13.0 Å². The van der Waals surface area contributed by atoms with Crippen LogP contribution in [-0.4, -0.2) is 25.6 Å². The minimum absolute atomic E-state index is 0.232. The van der Waals surface area contributed by atoms with E-state index in [0.29, 0.717) is 17.2 Å². The Balaban J connectivity index is 1.92. The molecule has 0 N–H and O–H groups in total. The molecular formula is C17H17NO5. The number of nitrogens with zero attached hydrogens (tertiary/aromatic N) is 1. The first-order chi connectivity index (χ1) is 11.2. The molecule has 6 nitrogen and oxygen atoms in total. The van der Waals surface area contributed by atoms with Crippen LogP contribution in [0.4, 0.5) is 5.69 Å². The zero-order valence-corrected chi connectivity index (χ0v) is 12.9. The molecule has 1 saturated heterocycles. The molecule has 1 aromatic heterocycles. The molecule has 120 valence electrons. The number of benzene rings is 1. The predicted molar refractivity (Wildman–Crippen MR) is 82.1 cm³/mol. The summed E-state index contributed by atoms with van der Waals surface area (Å²) in [4.78, 5) is 26.1. The standard InChI is InChI=1S/C17H17NO5/c1-3-22-17(20)14-15(13-5-4-10-23-13)18(16(14)19)11-6-8-12(21-2)9-7-11/h4-10,14-15H,3H2,1-2H3/t14-,15-/m0/s1. The van der Waals surface area contributed by atoms with Crippen molar-refractivity contribution < 1.29 is 23.5 Å². The van der Waals surface area contributed by atoms with E-state index in [1.54, 1.807) is 55.3 Å². The van der Waals surface area contributed by atoms with E-state index in [-0.39, 0.29) is 12.5 Å². The van der Waals surface area contributed by atoms with Crippen LogP contribution in [0.5, 0.6) is 5.75 Å². The lowest BCUT2D eigenvalue weighted by molar-refractivity contribution is -0.157. The first-order valence-electron chi connectivity index (χ1n) is 7.34. The van der Waals surface area contributed by atoms with Crippen molar-refractivity contribution in [3.63, 3.8) is 0 Å². The summed E-state index contributed by atoms with van der Waals surface area (Å²) in [5.74, 6) is -0.446. The van der Waals surface area contributed by atoms with Gasteiger partial charge in [0, 0.05) is 5.69 Å². The van der Waals surface area contributed by atoms with E-state index in [0.717, 1.165) is 0 Å². The van der Waals surface area contributed by atoms with E-state index in [2.05, 4.69) is 0 Å². The molecule has 1 aliphatic rings. The Morgan fingerprint density at radius 2 is 2.00 bits per heavy atom. The summed E-state index contributed by atoms with van der Waals surface area (Å²) in [6, 6.07) is 10.1. The number of amides is 1. The number of carbonyl (C=O) groups is 2. The van der Waals surface area contributed by atoms with Gasteiger partial charge in [-0.1, -0.05) is 0 Å². The number of ether oxygens (including phenoxy) is 2. The van der Waals surface area contributed by atoms with Crippen LogP contribution in [0.2, 0.25) is 0 Å². The predicted octanol–water partition coefficient (Wildman–Crippen LogP) is 2.56. The summed E-state index contributed by atoms with van der Waals surface area (Å²) < 4.78 is 15.6. The number of β-lactam (4-membered cyclic amide) rings is 1. The molecule has 6 heteroatoms. The SMILES string of the molecule is CCOC(=O)[C@@H]1C(=O)N(c2ccc(OC)cc2)[C@H]1c1ccco1. The van der Waals surface area contributed by atoms with Crippen LogP contribution in [-0.2, 0) is 14.3 Å². The molecule has 23 heavy (non-hydrogen) atoms. The normalized spacial score (nSPS) is 20.1. The average Bonchev–Trinajstić information content (AvgIpc) is 3.07. The zero-order chi connectivity index (χ0) is 16.4. The first-order valence-corrected chi connectivity index (χ1v) is 7.34. The Kier molecular flexibility index (Phi) is 4.06. The van der Waals surface area contributed by atoms with Crippen LogP contribution in [0.15, 0.2) is 47.1 Å². The fraction of sp³-hybridized carbons (Fsp3) is 0.294. The van der Waals surface area contributed by atoms with Gasteiger partial charge >= 0.3 is 5.97 Å². The molecule has 0 unspecified atom stereocenters. The number of furan rings is 1. The summed E-state index contributed by atoms with van der Waals surface area (Å²) in [5, 5.41) is 0. The molecule has 0 radical (unpaired) electrons. The topological polar surface area (TPSA) is 69.0 Å². The number of rotatable bonds is 5. The lowest BCUT2D eigenvalue weighted by Gasteiger charge is -2.44. The largest absolute Gasteiger partial charge is 0.497 e. The zero-order valence-electron chi connectivity index (χ0n) is 12.9. The van der Waals surface area contributed by atoms with Crippen molar-refractivity contribution in [3.8, 4) is 5.75 Å². The second kappa shape index (κ2) is 6.16. The van der Waals surface area contributed by atoms with E-state index in [1.165, 1.54) is 6.26 Å². The van der Waals surface area contributed by atoms with Gasteiger partial charge in [0.15, 0.2) is 5.92 Å². The van der Waals surface area contributed by atoms with Crippen molar-refractivity contribution in [2.75, 3.05) is 18.6 Å². The summed E-state index contributed by atoms with van der Waals surface area (Å²) in [6.45, 7) is 1.94. The lowest BCUT2D eigenvalue weighted by Crippen LogP contribution is -2.58. The van der Waals surface area contributed by atoms with E-state index < -0.39 is 17.9 Å². The quantitative estimate of drug-likeness (QED) is 0.482. The maximum Gasteiger partial charge on any atom is 0.321 e. The van der Waals surface area contributed by atoms with Gasteiger partial charge in [0.05, 0.1) is 20.0 Å². The van der Waals surface area contributed by atoms with Gasteiger partial charge in [0.25, 0.3) is 0 Å². The number of esters is 1. The highest BCUT2D eigenvalue weighted by Crippen LogP contribution is 2.44. The van der Waals surface area contributed by atoms with E-state index >= 15 is 0 Å². The second-order valence-corrected chi connectivity index (χ2v) is 5.10. The Labute approximate surface area is 133 Å². The second-order valence-electron chi connectivity index (χ2n) is 5.10. The van der Waals surface area contributed by atoms with E-state index in [4.69, 9.17) is 13.9 Å². The van der Waals surface area contributed by atoms with Crippen LogP contribution in [0, 0.1) is 5.92 Å². The summed E-state index contributed by atoms with van der Waals surface area (Å²) in [7, 11) is 1.58. The van der Waals surface area contributed by atoms with Crippen LogP contribution < -0.4 is 9.64 Å². The molecule has 1 aromatic carbocycles. The summed E-state index contributed by atoms with van der Waals surface area (Å²) in [5.41, 5.74) is 0.678. The van der Waals surface area contributed by atoms with E-state index in [9.17, 15) is 9.59 Å². The smallest absolute Gasteiger partial charge is 0.321 e. The summed E-state index contributed by atoms with van der Waals surface area (Å²) >= 11 is 0. The van der Waals surface area contributed by atoms with Crippen LogP contribution in [0.25, 0.3) is 0 Å². The molecule has 0 saturated carbocycles. The third kappa shape index (κ3) is 2.56. The molecule has 2 aromatic rings.